The van der Waals surface area contributed by atoms with E-state index in [-0.39, 0.29) is 18.9 Å². The number of hydrogen-bond acceptors (Lipinski definition) is 6. The summed E-state index contributed by atoms with van der Waals surface area (Å²) >= 11 is 0. The Labute approximate surface area is 211 Å². The summed E-state index contributed by atoms with van der Waals surface area (Å²) in [6.45, 7) is 5.36. The SMILES string of the molecule is CCCCCCCc1ccc(-c2ccc(OC(OC(=O)CC)C(OCCCC)C(F)(F)F)nn2)cc1. The van der Waals surface area contributed by atoms with Gasteiger partial charge >= 0.3 is 12.1 Å². The van der Waals surface area contributed by atoms with Gasteiger partial charge in [0.05, 0.1) is 5.69 Å². The Morgan fingerprint density at radius 3 is 2.17 bits per heavy atom. The van der Waals surface area contributed by atoms with Gasteiger partial charge in [0.1, 0.15) is 0 Å². The lowest BCUT2D eigenvalue weighted by molar-refractivity contribution is -0.280. The molecule has 9 heteroatoms. The summed E-state index contributed by atoms with van der Waals surface area (Å²) in [5.74, 6) is -1.05. The molecule has 0 bridgehead atoms. The van der Waals surface area contributed by atoms with Crippen LogP contribution in [0.5, 0.6) is 5.88 Å². The van der Waals surface area contributed by atoms with Gasteiger partial charge in [-0.05, 0) is 30.9 Å². The first-order valence-electron chi connectivity index (χ1n) is 12.8. The minimum Gasteiger partial charge on any atom is -0.433 e. The second-order valence-corrected chi connectivity index (χ2v) is 8.63. The van der Waals surface area contributed by atoms with E-state index in [4.69, 9.17) is 14.2 Å². The number of rotatable bonds is 16. The zero-order valence-corrected chi connectivity index (χ0v) is 21.4. The van der Waals surface area contributed by atoms with E-state index in [0.717, 1.165) is 18.4 Å². The van der Waals surface area contributed by atoms with Crippen LogP contribution in [0.25, 0.3) is 11.3 Å². The van der Waals surface area contributed by atoms with Crippen molar-refractivity contribution in [2.75, 3.05) is 6.61 Å². The number of halogens is 3. The number of carbonyl (C=O) groups is 1. The van der Waals surface area contributed by atoms with Crippen LogP contribution in [0, 0.1) is 0 Å². The van der Waals surface area contributed by atoms with Gasteiger partial charge in [-0.15, -0.1) is 10.2 Å². The average Bonchev–Trinajstić information content (AvgIpc) is 2.86. The maximum Gasteiger partial charge on any atom is 0.422 e. The van der Waals surface area contributed by atoms with Gasteiger partial charge in [0.15, 0.2) is 0 Å². The molecule has 0 fully saturated rings. The van der Waals surface area contributed by atoms with Crippen molar-refractivity contribution < 1.29 is 32.2 Å². The van der Waals surface area contributed by atoms with Gasteiger partial charge in [-0.3, -0.25) is 4.79 Å². The molecule has 6 nitrogen and oxygen atoms in total. The Hall–Kier alpha value is -2.68. The normalized spacial score (nSPS) is 13.3. The molecule has 0 saturated heterocycles. The highest BCUT2D eigenvalue weighted by Gasteiger charge is 2.49. The molecule has 0 spiro atoms. The van der Waals surface area contributed by atoms with Crippen LogP contribution < -0.4 is 4.74 Å². The quantitative estimate of drug-likeness (QED) is 0.137. The van der Waals surface area contributed by atoms with Crippen LogP contribution in [-0.4, -0.2) is 41.3 Å². The fourth-order valence-corrected chi connectivity index (χ4v) is 3.47. The number of aromatic nitrogens is 2. The third kappa shape index (κ3) is 10.1. The Bertz CT molecular complexity index is 889. The number of carbonyl (C=O) groups excluding carboxylic acids is 1. The summed E-state index contributed by atoms with van der Waals surface area (Å²) in [4.78, 5) is 11.8. The predicted molar refractivity (Wildman–Crippen MR) is 131 cm³/mol. The molecule has 0 amide bonds. The highest BCUT2D eigenvalue weighted by Crippen LogP contribution is 2.29. The van der Waals surface area contributed by atoms with E-state index in [1.165, 1.54) is 44.2 Å². The van der Waals surface area contributed by atoms with Crippen LogP contribution in [0.4, 0.5) is 13.2 Å². The van der Waals surface area contributed by atoms with Crippen LogP contribution in [0.2, 0.25) is 0 Å². The second kappa shape index (κ2) is 15.4. The van der Waals surface area contributed by atoms with Crippen molar-refractivity contribution >= 4 is 5.97 Å². The molecular weight excluding hydrogens is 473 g/mol. The minimum atomic E-state index is -4.81. The Morgan fingerprint density at radius 1 is 0.889 bits per heavy atom. The van der Waals surface area contributed by atoms with Gasteiger partial charge in [0.2, 0.25) is 12.0 Å². The fraction of sp³-hybridized carbons (Fsp3) is 0.593. The lowest BCUT2D eigenvalue weighted by Gasteiger charge is -2.28. The number of alkyl halides is 3. The Morgan fingerprint density at radius 2 is 1.58 bits per heavy atom. The molecule has 2 unspecified atom stereocenters. The smallest absolute Gasteiger partial charge is 0.422 e. The number of benzene rings is 1. The third-order valence-electron chi connectivity index (χ3n) is 5.60. The van der Waals surface area contributed by atoms with Gasteiger partial charge in [-0.1, -0.05) is 77.1 Å². The molecule has 2 atom stereocenters. The highest BCUT2D eigenvalue weighted by molar-refractivity contribution is 5.69. The van der Waals surface area contributed by atoms with Gasteiger partial charge in [-0.2, -0.15) is 13.2 Å². The van der Waals surface area contributed by atoms with Crippen molar-refractivity contribution in [3.05, 3.63) is 42.0 Å². The summed E-state index contributed by atoms with van der Waals surface area (Å²) in [7, 11) is 0. The number of unbranched alkanes of at least 4 members (excludes halogenated alkanes) is 5. The van der Waals surface area contributed by atoms with Gasteiger partial charge in [-0.25, -0.2) is 0 Å². The maximum atomic E-state index is 13.7. The molecule has 2 aromatic rings. The molecule has 0 saturated carbocycles. The zero-order chi connectivity index (χ0) is 26.4. The van der Waals surface area contributed by atoms with Crippen molar-refractivity contribution in [3.8, 4) is 17.1 Å². The topological polar surface area (TPSA) is 70.5 Å². The van der Waals surface area contributed by atoms with E-state index in [0.29, 0.717) is 18.5 Å². The van der Waals surface area contributed by atoms with Crippen LogP contribution in [0.1, 0.15) is 77.7 Å². The van der Waals surface area contributed by atoms with Gasteiger partial charge in [0.25, 0.3) is 6.29 Å². The summed E-state index contributed by atoms with van der Waals surface area (Å²) in [5, 5.41) is 7.99. The number of esters is 1. The van der Waals surface area contributed by atoms with E-state index < -0.39 is 24.5 Å². The van der Waals surface area contributed by atoms with Gasteiger partial charge < -0.3 is 14.2 Å². The fourth-order valence-electron chi connectivity index (χ4n) is 3.47. The van der Waals surface area contributed by atoms with E-state index in [9.17, 15) is 18.0 Å². The van der Waals surface area contributed by atoms with Gasteiger partial charge in [0, 0.05) is 24.7 Å². The Kier molecular flexibility index (Phi) is 12.7. The second-order valence-electron chi connectivity index (χ2n) is 8.63. The van der Waals surface area contributed by atoms with E-state index in [2.05, 4.69) is 17.1 Å². The highest BCUT2D eigenvalue weighted by atomic mass is 19.4. The first kappa shape index (κ1) is 29.5. The summed E-state index contributed by atoms with van der Waals surface area (Å²) in [5.41, 5.74) is 2.62. The molecule has 0 N–H and O–H groups in total. The molecule has 36 heavy (non-hydrogen) atoms. The zero-order valence-electron chi connectivity index (χ0n) is 21.4. The molecule has 1 aromatic heterocycles. The van der Waals surface area contributed by atoms with Crippen LogP contribution in [0.15, 0.2) is 36.4 Å². The molecule has 0 aliphatic heterocycles. The van der Waals surface area contributed by atoms with Crippen LogP contribution >= 0.6 is 0 Å². The predicted octanol–water partition coefficient (Wildman–Crippen LogP) is 7.06. The molecular formula is C27H37F3N2O4. The Balaban J connectivity index is 2.08. The summed E-state index contributed by atoms with van der Waals surface area (Å²) < 4.78 is 56.3. The lowest BCUT2D eigenvalue weighted by Crippen LogP contribution is -2.47. The van der Waals surface area contributed by atoms with Crippen LogP contribution in [-0.2, 0) is 20.7 Å². The number of nitrogens with zero attached hydrogens (tertiary/aromatic N) is 2. The monoisotopic (exact) mass is 510 g/mol. The first-order chi connectivity index (χ1) is 17.3. The molecule has 0 aliphatic carbocycles. The number of hydrogen-bond donors (Lipinski definition) is 0. The average molecular weight is 511 g/mol. The lowest BCUT2D eigenvalue weighted by atomic mass is 10.0. The molecule has 2 rings (SSSR count). The van der Waals surface area contributed by atoms with E-state index in [1.54, 1.807) is 6.07 Å². The van der Waals surface area contributed by atoms with Crippen molar-refractivity contribution in [1.29, 1.82) is 0 Å². The standard InChI is InChI=1S/C27H37F3N2O4/c1-4-7-9-10-11-12-20-13-15-21(16-14-20)22-17-18-23(32-31-22)35-26(36-24(33)6-3)25(27(28,29)30)34-19-8-5-2/h13-18,25-26H,4-12,19H2,1-3H3. The molecule has 0 radical (unpaired) electrons. The molecule has 200 valence electrons. The summed E-state index contributed by atoms with van der Waals surface area (Å²) in [6.07, 6.45) is -1.21. The first-order valence-corrected chi connectivity index (χ1v) is 12.8. The van der Waals surface area contributed by atoms with E-state index in [1.807, 2.05) is 31.2 Å². The van der Waals surface area contributed by atoms with Crippen molar-refractivity contribution in [2.24, 2.45) is 0 Å². The summed E-state index contributed by atoms with van der Waals surface area (Å²) in [6, 6.07) is 11.0. The largest absolute Gasteiger partial charge is 0.433 e. The maximum absolute atomic E-state index is 13.7. The van der Waals surface area contributed by atoms with E-state index >= 15 is 0 Å². The number of ether oxygens (including phenoxy) is 3. The molecule has 1 aromatic carbocycles. The van der Waals surface area contributed by atoms with Crippen molar-refractivity contribution in [1.82, 2.24) is 10.2 Å². The number of aryl methyl sites for hydroxylation is 1. The molecule has 1 heterocycles. The van der Waals surface area contributed by atoms with Crippen molar-refractivity contribution in [2.45, 2.75) is 97.1 Å². The minimum absolute atomic E-state index is 0.112. The van der Waals surface area contributed by atoms with Crippen LogP contribution in [0.3, 0.4) is 0 Å². The van der Waals surface area contributed by atoms with Crippen molar-refractivity contribution in [3.63, 3.8) is 0 Å². The molecule has 0 aliphatic rings. The third-order valence-corrected chi connectivity index (χ3v) is 5.60.